The SMILES string of the molecule is O=C1c2[nH]nc(-c3ccc(Br)cc3)c2[C@H](c2ccc([N+](=O)[O-])cc2)N1c1ccccc1. The molecule has 0 fully saturated rings. The van der Waals surface area contributed by atoms with Crippen LogP contribution >= 0.6 is 15.9 Å². The molecule has 0 bridgehead atoms. The number of carbonyl (C=O) groups is 1. The second-order valence-electron chi connectivity index (χ2n) is 7.13. The summed E-state index contributed by atoms with van der Waals surface area (Å²) in [6.45, 7) is 0. The number of amides is 1. The molecular weight excluding hydrogens is 460 g/mol. The fraction of sp³-hybridized carbons (Fsp3) is 0.0435. The van der Waals surface area contributed by atoms with E-state index in [4.69, 9.17) is 0 Å². The molecule has 0 saturated carbocycles. The third-order valence-electron chi connectivity index (χ3n) is 5.34. The van der Waals surface area contributed by atoms with E-state index in [1.165, 1.54) is 12.1 Å². The molecule has 0 aliphatic carbocycles. The van der Waals surface area contributed by atoms with E-state index in [9.17, 15) is 14.9 Å². The zero-order chi connectivity index (χ0) is 21.5. The molecule has 1 atom stereocenters. The molecule has 152 valence electrons. The lowest BCUT2D eigenvalue weighted by Gasteiger charge is -2.26. The van der Waals surface area contributed by atoms with Crippen LogP contribution in [0.25, 0.3) is 11.3 Å². The van der Waals surface area contributed by atoms with E-state index >= 15 is 0 Å². The summed E-state index contributed by atoms with van der Waals surface area (Å²) in [5.74, 6) is -0.194. The molecule has 4 aromatic rings. The number of aromatic amines is 1. The molecule has 3 aromatic carbocycles. The third kappa shape index (κ3) is 3.21. The molecule has 5 rings (SSSR count). The summed E-state index contributed by atoms with van der Waals surface area (Å²) in [4.78, 5) is 25.8. The Balaban J connectivity index is 1.70. The molecule has 1 aliphatic heterocycles. The number of nitro groups is 1. The molecule has 0 radical (unpaired) electrons. The molecule has 1 aromatic heterocycles. The second kappa shape index (κ2) is 7.48. The van der Waals surface area contributed by atoms with Crippen molar-refractivity contribution in [2.24, 2.45) is 0 Å². The van der Waals surface area contributed by atoms with Gasteiger partial charge in [0.25, 0.3) is 11.6 Å². The number of benzene rings is 3. The first kappa shape index (κ1) is 19.2. The highest BCUT2D eigenvalue weighted by Gasteiger charge is 2.43. The van der Waals surface area contributed by atoms with Gasteiger partial charge in [-0.3, -0.25) is 24.9 Å². The van der Waals surface area contributed by atoms with Gasteiger partial charge in [-0.05, 0) is 42.0 Å². The number of hydrogen-bond donors (Lipinski definition) is 1. The van der Waals surface area contributed by atoms with Crippen LogP contribution in [0.2, 0.25) is 0 Å². The van der Waals surface area contributed by atoms with Gasteiger partial charge in [-0.15, -0.1) is 0 Å². The Kier molecular flexibility index (Phi) is 4.63. The minimum Gasteiger partial charge on any atom is -0.295 e. The van der Waals surface area contributed by atoms with Gasteiger partial charge < -0.3 is 0 Å². The van der Waals surface area contributed by atoms with Crippen molar-refractivity contribution in [3.8, 4) is 11.3 Å². The summed E-state index contributed by atoms with van der Waals surface area (Å²) in [6, 6.07) is 22.9. The number of nitro benzene ring substituents is 1. The van der Waals surface area contributed by atoms with Crippen LogP contribution in [0.3, 0.4) is 0 Å². The van der Waals surface area contributed by atoms with Crippen LogP contribution in [-0.4, -0.2) is 21.0 Å². The molecule has 1 N–H and O–H groups in total. The predicted octanol–water partition coefficient (Wildman–Crippen LogP) is 5.50. The number of H-pyrrole nitrogens is 1. The Hall–Kier alpha value is -3.78. The van der Waals surface area contributed by atoms with Crippen LogP contribution < -0.4 is 4.90 Å². The van der Waals surface area contributed by atoms with Crippen LogP contribution in [0.5, 0.6) is 0 Å². The van der Waals surface area contributed by atoms with Crippen molar-refractivity contribution in [1.82, 2.24) is 10.2 Å². The fourth-order valence-corrected chi connectivity index (χ4v) is 4.19. The van der Waals surface area contributed by atoms with Crippen molar-refractivity contribution in [2.75, 3.05) is 4.90 Å². The summed E-state index contributed by atoms with van der Waals surface area (Å²) < 4.78 is 0.942. The Morgan fingerprint density at radius 1 is 0.968 bits per heavy atom. The van der Waals surface area contributed by atoms with Gasteiger partial charge in [0.1, 0.15) is 5.69 Å². The number of aromatic nitrogens is 2. The van der Waals surface area contributed by atoms with Crippen LogP contribution in [-0.2, 0) is 0 Å². The number of para-hydroxylation sites is 1. The van der Waals surface area contributed by atoms with Gasteiger partial charge in [0.05, 0.1) is 16.7 Å². The summed E-state index contributed by atoms with van der Waals surface area (Å²) in [6.07, 6.45) is 0. The first-order valence-corrected chi connectivity index (χ1v) is 10.3. The minimum atomic E-state index is -0.469. The van der Waals surface area contributed by atoms with Crippen molar-refractivity contribution < 1.29 is 9.72 Å². The number of non-ortho nitro benzene ring substituents is 1. The van der Waals surface area contributed by atoms with Crippen LogP contribution in [0.4, 0.5) is 11.4 Å². The number of halogens is 1. The monoisotopic (exact) mass is 474 g/mol. The number of fused-ring (bicyclic) bond motifs is 1. The number of nitrogens with zero attached hydrogens (tertiary/aromatic N) is 3. The quantitative estimate of drug-likeness (QED) is 0.312. The predicted molar refractivity (Wildman–Crippen MR) is 120 cm³/mol. The molecule has 1 amide bonds. The van der Waals surface area contributed by atoms with Crippen LogP contribution in [0, 0.1) is 10.1 Å². The zero-order valence-corrected chi connectivity index (χ0v) is 17.6. The van der Waals surface area contributed by atoms with Crippen LogP contribution in [0.1, 0.15) is 27.7 Å². The van der Waals surface area contributed by atoms with Crippen molar-refractivity contribution in [3.63, 3.8) is 0 Å². The van der Waals surface area contributed by atoms with Crippen molar-refractivity contribution in [3.05, 3.63) is 110 Å². The number of hydrogen-bond acceptors (Lipinski definition) is 4. The molecule has 0 saturated heterocycles. The van der Waals surface area contributed by atoms with E-state index in [0.29, 0.717) is 11.4 Å². The number of nitrogens with one attached hydrogen (secondary N) is 1. The Morgan fingerprint density at radius 2 is 1.65 bits per heavy atom. The molecule has 31 heavy (non-hydrogen) atoms. The average molecular weight is 475 g/mol. The summed E-state index contributed by atoms with van der Waals surface area (Å²) in [5, 5.41) is 18.5. The molecule has 8 heteroatoms. The van der Waals surface area contributed by atoms with E-state index < -0.39 is 11.0 Å². The van der Waals surface area contributed by atoms with Crippen molar-refractivity contribution >= 4 is 33.2 Å². The molecule has 1 aliphatic rings. The van der Waals surface area contributed by atoms with E-state index in [1.54, 1.807) is 17.0 Å². The third-order valence-corrected chi connectivity index (χ3v) is 5.87. The summed E-state index contributed by atoms with van der Waals surface area (Å²) >= 11 is 3.44. The standard InChI is InChI=1S/C23H15BrN4O3/c24-16-10-6-14(7-11-16)20-19-21(26-25-20)23(29)27(17-4-2-1-3-5-17)22(19)15-8-12-18(13-9-15)28(30)31/h1-13,22H,(H,25,26)/t22-/m0/s1. The first-order valence-electron chi connectivity index (χ1n) is 9.52. The Morgan fingerprint density at radius 3 is 2.29 bits per heavy atom. The van der Waals surface area contributed by atoms with Gasteiger partial charge in [-0.1, -0.05) is 46.3 Å². The maximum absolute atomic E-state index is 13.4. The first-order chi connectivity index (χ1) is 15.0. The lowest BCUT2D eigenvalue weighted by molar-refractivity contribution is -0.384. The Bertz CT molecular complexity index is 1280. The second-order valence-corrected chi connectivity index (χ2v) is 8.05. The topological polar surface area (TPSA) is 92.1 Å². The fourth-order valence-electron chi connectivity index (χ4n) is 3.92. The highest BCUT2D eigenvalue weighted by atomic mass is 79.9. The highest BCUT2D eigenvalue weighted by molar-refractivity contribution is 9.10. The molecule has 0 spiro atoms. The summed E-state index contributed by atoms with van der Waals surface area (Å²) in [5.41, 5.74) is 4.23. The van der Waals surface area contributed by atoms with Gasteiger partial charge >= 0.3 is 0 Å². The van der Waals surface area contributed by atoms with Gasteiger partial charge in [0.15, 0.2) is 0 Å². The van der Waals surface area contributed by atoms with Crippen molar-refractivity contribution in [1.29, 1.82) is 0 Å². The largest absolute Gasteiger partial charge is 0.295 e. The normalized spacial score (nSPS) is 15.2. The Labute approximate surface area is 185 Å². The van der Waals surface area contributed by atoms with Crippen LogP contribution in [0.15, 0.2) is 83.3 Å². The van der Waals surface area contributed by atoms with Crippen molar-refractivity contribution in [2.45, 2.75) is 6.04 Å². The van der Waals surface area contributed by atoms with Gasteiger partial charge in [0, 0.05) is 33.4 Å². The van der Waals surface area contributed by atoms with Gasteiger partial charge in [0.2, 0.25) is 0 Å². The molecule has 7 nitrogen and oxygen atoms in total. The zero-order valence-electron chi connectivity index (χ0n) is 16.0. The van der Waals surface area contributed by atoms with E-state index in [1.807, 2.05) is 54.6 Å². The van der Waals surface area contributed by atoms with E-state index in [0.717, 1.165) is 26.9 Å². The lowest BCUT2D eigenvalue weighted by atomic mass is 9.95. The number of carbonyl (C=O) groups excluding carboxylic acids is 1. The highest BCUT2D eigenvalue weighted by Crippen LogP contribution is 2.45. The molecule has 2 heterocycles. The van der Waals surface area contributed by atoms with E-state index in [2.05, 4.69) is 26.1 Å². The smallest absolute Gasteiger partial charge is 0.277 e. The average Bonchev–Trinajstić information content (AvgIpc) is 3.34. The number of anilines is 1. The van der Waals surface area contributed by atoms with Gasteiger partial charge in [-0.2, -0.15) is 5.10 Å². The molecular formula is C23H15BrN4O3. The number of rotatable bonds is 4. The maximum Gasteiger partial charge on any atom is 0.277 e. The molecule has 0 unspecified atom stereocenters. The maximum atomic E-state index is 13.4. The van der Waals surface area contributed by atoms with E-state index in [-0.39, 0.29) is 11.6 Å². The minimum absolute atomic E-state index is 0.000107. The van der Waals surface area contributed by atoms with Gasteiger partial charge in [-0.25, -0.2) is 0 Å². The lowest BCUT2D eigenvalue weighted by Crippen LogP contribution is -2.29. The summed E-state index contributed by atoms with van der Waals surface area (Å²) in [7, 11) is 0.